The second kappa shape index (κ2) is 8.80. The van der Waals surface area contributed by atoms with Gasteiger partial charge in [-0.05, 0) is 53.2 Å². The van der Waals surface area contributed by atoms with Crippen LogP contribution in [0.2, 0.25) is 0 Å². The van der Waals surface area contributed by atoms with Gasteiger partial charge in [-0.2, -0.15) is 0 Å². The van der Waals surface area contributed by atoms with Crippen LogP contribution in [0.25, 0.3) is 0 Å². The Hall–Kier alpha value is -0.390. The lowest BCUT2D eigenvalue weighted by molar-refractivity contribution is -0.130. The molecule has 114 valence electrons. The van der Waals surface area contributed by atoms with Crippen molar-refractivity contribution < 1.29 is 4.79 Å². The van der Waals surface area contributed by atoms with Gasteiger partial charge in [0.25, 0.3) is 0 Å². The topological polar surface area (TPSA) is 46.3 Å². The van der Waals surface area contributed by atoms with Crippen molar-refractivity contribution in [3.63, 3.8) is 0 Å². The van der Waals surface area contributed by atoms with E-state index in [1.807, 2.05) is 17.3 Å². The van der Waals surface area contributed by atoms with E-state index in [1.165, 1.54) is 4.88 Å². The molecule has 0 bridgehead atoms. The maximum atomic E-state index is 12.2. The molecule has 1 heterocycles. The predicted molar refractivity (Wildman–Crippen MR) is 89.7 cm³/mol. The zero-order valence-corrected chi connectivity index (χ0v) is 15.0. The van der Waals surface area contributed by atoms with E-state index in [4.69, 9.17) is 5.73 Å². The van der Waals surface area contributed by atoms with E-state index in [0.717, 1.165) is 17.3 Å². The molecule has 0 saturated heterocycles. The summed E-state index contributed by atoms with van der Waals surface area (Å²) in [7, 11) is 1.88. The van der Waals surface area contributed by atoms with E-state index in [-0.39, 0.29) is 5.91 Å². The number of thiophene rings is 1. The summed E-state index contributed by atoms with van der Waals surface area (Å²) in [6.07, 6.45) is 2.56. The van der Waals surface area contributed by atoms with Crippen LogP contribution in [0.4, 0.5) is 0 Å². The van der Waals surface area contributed by atoms with Crippen LogP contribution in [0, 0.1) is 11.8 Å². The van der Waals surface area contributed by atoms with Crippen LogP contribution in [0.15, 0.2) is 15.9 Å². The summed E-state index contributed by atoms with van der Waals surface area (Å²) in [6.45, 7) is 5.81. The Labute approximate surface area is 134 Å². The van der Waals surface area contributed by atoms with E-state index in [0.29, 0.717) is 31.3 Å². The van der Waals surface area contributed by atoms with Crippen LogP contribution in [0.3, 0.4) is 0 Å². The molecule has 0 radical (unpaired) electrons. The summed E-state index contributed by atoms with van der Waals surface area (Å²) < 4.78 is 1.08. The molecule has 5 heteroatoms. The van der Waals surface area contributed by atoms with Crippen molar-refractivity contribution in [3.8, 4) is 0 Å². The third-order valence-corrected chi connectivity index (χ3v) is 5.33. The Kier molecular flexibility index (Phi) is 7.77. The number of nitrogens with two attached hydrogens (primary N) is 1. The van der Waals surface area contributed by atoms with Gasteiger partial charge in [0.15, 0.2) is 0 Å². The van der Waals surface area contributed by atoms with E-state index < -0.39 is 0 Å². The molecule has 1 aromatic heterocycles. The largest absolute Gasteiger partial charge is 0.341 e. The monoisotopic (exact) mass is 360 g/mol. The van der Waals surface area contributed by atoms with Crippen LogP contribution in [-0.2, 0) is 11.3 Å². The van der Waals surface area contributed by atoms with E-state index in [2.05, 4.69) is 35.8 Å². The van der Waals surface area contributed by atoms with Gasteiger partial charge in [0.2, 0.25) is 5.91 Å². The van der Waals surface area contributed by atoms with Crippen molar-refractivity contribution in [2.24, 2.45) is 17.6 Å². The normalized spacial score (nSPS) is 12.7. The summed E-state index contributed by atoms with van der Waals surface area (Å²) in [4.78, 5) is 15.2. The minimum Gasteiger partial charge on any atom is -0.341 e. The number of nitrogens with zero attached hydrogens (tertiary/aromatic N) is 1. The summed E-state index contributed by atoms with van der Waals surface area (Å²) in [5, 5.41) is 2.05. The van der Waals surface area contributed by atoms with Crippen molar-refractivity contribution in [2.75, 3.05) is 13.6 Å². The van der Waals surface area contributed by atoms with Crippen molar-refractivity contribution >= 4 is 33.2 Å². The molecule has 2 N–H and O–H groups in total. The number of rotatable bonds is 8. The zero-order chi connectivity index (χ0) is 15.1. The Balaban J connectivity index is 2.41. The molecule has 1 unspecified atom stereocenters. The first kappa shape index (κ1) is 17.7. The molecule has 0 aromatic carbocycles. The smallest absolute Gasteiger partial charge is 0.222 e. The van der Waals surface area contributed by atoms with E-state index in [9.17, 15) is 4.79 Å². The summed E-state index contributed by atoms with van der Waals surface area (Å²) >= 11 is 5.11. The fourth-order valence-corrected chi connectivity index (χ4v) is 3.79. The minimum absolute atomic E-state index is 0.220. The van der Waals surface area contributed by atoms with Gasteiger partial charge in [0.1, 0.15) is 0 Å². The van der Waals surface area contributed by atoms with Crippen LogP contribution < -0.4 is 5.73 Å². The Morgan fingerprint density at radius 3 is 2.65 bits per heavy atom. The van der Waals surface area contributed by atoms with Gasteiger partial charge in [0.05, 0.1) is 6.54 Å². The Morgan fingerprint density at radius 1 is 1.45 bits per heavy atom. The van der Waals surface area contributed by atoms with Gasteiger partial charge in [-0.15, -0.1) is 11.3 Å². The second-order valence-electron chi connectivity index (χ2n) is 5.60. The third kappa shape index (κ3) is 5.94. The first-order valence-electron chi connectivity index (χ1n) is 7.11. The highest BCUT2D eigenvalue weighted by atomic mass is 79.9. The van der Waals surface area contributed by atoms with Gasteiger partial charge >= 0.3 is 0 Å². The first-order chi connectivity index (χ1) is 9.43. The minimum atomic E-state index is 0.220. The van der Waals surface area contributed by atoms with E-state index in [1.54, 1.807) is 11.3 Å². The van der Waals surface area contributed by atoms with Gasteiger partial charge in [-0.25, -0.2) is 0 Å². The summed E-state index contributed by atoms with van der Waals surface area (Å²) in [5.74, 6) is 1.36. The number of halogens is 1. The van der Waals surface area contributed by atoms with Crippen molar-refractivity contribution in [1.82, 2.24) is 4.90 Å². The van der Waals surface area contributed by atoms with Crippen molar-refractivity contribution in [3.05, 3.63) is 20.8 Å². The fraction of sp³-hybridized carbons (Fsp3) is 0.667. The molecule has 1 aromatic rings. The van der Waals surface area contributed by atoms with Crippen molar-refractivity contribution in [1.29, 1.82) is 0 Å². The molecule has 0 aliphatic carbocycles. The number of carbonyl (C=O) groups excluding carboxylic acids is 1. The lowest BCUT2D eigenvalue weighted by Gasteiger charge is -2.22. The Bertz CT molecular complexity index is 420. The summed E-state index contributed by atoms with van der Waals surface area (Å²) in [6, 6.07) is 2.07. The van der Waals surface area contributed by atoms with Gasteiger partial charge < -0.3 is 10.6 Å². The lowest BCUT2D eigenvalue weighted by Crippen LogP contribution is -2.27. The number of hydrogen-bond donors (Lipinski definition) is 1. The number of hydrogen-bond acceptors (Lipinski definition) is 3. The van der Waals surface area contributed by atoms with Crippen LogP contribution in [-0.4, -0.2) is 24.4 Å². The third-order valence-electron chi connectivity index (χ3n) is 3.65. The quantitative estimate of drug-likeness (QED) is 0.764. The summed E-state index contributed by atoms with van der Waals surface area (Å²) in [5.41, 5.74) is 5.64. The predicted octanol–water partition coefficient (Wildman–Crippen LogP) is 3.87. The number of carbonyl (C=O) groups is 1. The molecule has 0 aliphatic heterocycles. The highest BCUT2D eigenvalue weighted by Gasteiger charge is 2.16. The standard InChI is InChI=1S/C15H25BrN2OS/c1-11(2)12(6-7-17)4-5-15(19)18(3)9-14-8-13(16)10-20-14/h8,10-12H,4-7,9,17H2,1-3H3. The SMILES string of the molecule is CC(C)C(CCN)CCC(=O)N(C)Cc1cc(Br)cs1. The van der Waals surface area contributed by atoms with Gasteiger partial charge in [-0.3, -0.25) is 4.79 Å². The maximum Gasteiger partial charge on any atom is 0.222 e. The molecular weight excluding hydrogens is 336 g/mol. The molecule has 1 amide bonds. The average Bonchev–Trinajstić information content (AvgIpc) is 2.79. The molecule has 1 atom stereocenters. The highest BCUT2D eigenvalue weighted by molar-refractivity contribution is 9.10. The first-order valence-corrected chi connectivity index (χ1v) is 8.78. The molecule has 0 saturated carbocycles. The highest BCUT2D eigenvalue weighted by Crippen LogP contribution is 2.23. The molecule has 20 heavy (non-hydrogen) atoms. The lowest BCUT2D eigenvalue weighted by atomic mass is 9.88. The van der Waals surface area contributed by atoms with Crippen molar-refractivity contribution in [2.45, 2.75) is 39.7 Å². The molecule has 0 fully saturated rings. The molecule has 1 rings (SSSR count). The van der Waals surface area contributed by atoms with E-state index >= 15 is 0 Å². The molecule has 0 aliphatic rings. The van der Waals surface area contributed by atoms with Gasteiger partial charge in [0, 0.05) is 28.2 Å². The number of amides is 1. The Morgan fingerprint density at radius 2 is 2.15 bits per heavy atom. The fourth-order valence-electron chi connectivity index (χ4n) is 2.28. The molecule has 3 nitrogen and oxygen atoms in total. The van der Waals surface area contributed by atoms with Crippen LogP contribution >= 0.6 is 27.3 Å². The second-order valence-corrected chi connectivity index (χ2v) is 7.51. The van der Waals surface area contributed by atoms with Gasteiger partial charge in [-0.1, -0.05) is 13.8 Å². The maximum absolute atomic E-state index is 12.2. The molecular formula is C15H25BrN2OS. The van der Waals surface area contributed by atoms with Crippen LogP contribution in [0.1, 0.15) is 38.0 Å². The molecule has 0 spiro atoms. The average molecular weight is 361 g/mol. The van der Waals surface area contributed by atoms with Crippen LogP contribution in [0.5, 0.6) is 0 Å². The zero-order valence-electron chi connectivity index (χ0n) is 12.6.